The number of hydrogen-bond acceptors (Lipinski definition) is 3. The average molecular weight is 335 g/mol. The highest BCUT2D eigenvalue weighted by Gasteiger charge is 2.44. The van der Waals surface area contributed by atoms with Gasteiger partial charge in [0.05, 0.1) is 10.6 Å². The lowest BCUT2D eigenvalue weighted by Crippen LogP contribution is -2.16. The first-order valence-electron chi connectivity index (χ1n) is 6.92. The molecule has 3 rings (SSSR count). The van der Waals surface area contributed by atoms with Crippen molar-refractivity contribution in [3.63, 3.8) is 0 Å². The second kappa shape index (κ2) is 5.74. The van der Waals surface area contributed by atoms with Gasteiger partial charge in [0.1, 0.15) is 0 Å². The van der Waals surface area contributed by atoms with Crippen LogP contribution in [-0.4, -0.2) is 11.8 Å². The molecule has 3 N–H and O–H groups in total. The van der Waals surface area contributed by atoms with Gasteiger partial charge in [-0.15, -0.1) is 11.3 Å². The topological polar surface area (TPSA) is 72.2 Å². The molecule has 2 aromatic rings. The monoisotopic (exact) mass is 334 g/mol. The second-order valence-electron chi connectivity index (χ2n) is 5.45. The molecular formula is C16H15ClN2O2S. The van der Waals surface area contributed by atoms with Gasteiger partial charge in [-0.05, 0) is 43.7 Å². The highest BCUT2D eigenvalue weighted by molar-refractivity contribution is 7.12. The Labute approximate surface area is 137 Å². The van der Waals surface area contributed by atoms with E-state index in [0.29, 0.717) is 11.6 Å². The highest BCUT2D eigenvalue weighted by Crippen LogP contribution is 2.50. The van der Waals surface area contributed by atoms with Crippen molar-refractivity contribution in [2.45, 2.75) is 19.3 Å². The second-order valence-corrected chi connectivity index (χ2v) is 7.17. The van der Waals surface area contributed by atoms with Crippen molar-refractivity contribution >= 4 is 40.4 Å². The number of anilines is 1. The number of rotatable bonds is 4. The summed E-state index contributed by atoms with van der Waals surface area (Å²) in [5.41, 5.74) is 6.00. The third-order valence-corrected chi connectivity index (χ3v) is 5.22. The normalized spacial score (nSPS) is 19.7. The van der Waals surface area contributed by atoms with Crippen molar-refractivity contribution in [1.29, 1.82) is 0 Å². The van der Waals surface area contributed by atoms with Crippen LogP contribution in [0.25, 0.3) is 0 Å². The van der Waals surface area contributed by atoms with Crippen LogP contribution in [0.15, 0.2) is 30.3 Å². The molecule has 0 unspecified atom stereocenters. The standard InChI is InChI=1S/C16H15ClN2O2S/c1-8-2-5-14(22-8)10-7-11(10)16(21)19-9-3-4-13(17)12(6-9)15(18)20/h2-6,10-11H,7H2,1H3,(H2,18,20)(H,19,21)/t10-,11+/m0/s1. The van der Waals surface area contributed by atoms with Gasteiger partial charge >= 0.3 is 0 Å². The molecule has 1 saturated carbocycles. The van der Waals surface area contributed by atoms with Gasteiger partial charge in [0.15, 0.2) is 0 Å². The van der Waals surface area contributed by atoms with Crippen LogP contribution in [-0.2, 0) is 4.79 Å². The fourth-order valence-corrected chi connectivity index (χ4v) is 3.75. The number of nitrogens with two attached hydrogens (primary N) is 1. The summed E-state index contributed by atoms with van der Waals surface area (Å²) in [6.45, 7) is 2.06. The van der Waals surface area contributed by atoms with Gasteiger partial charge in [-0.2, -0.15) is 0 Å². The van der Waals surface area contributed by atoms with Crippen LogP contribution >= 0.6 is 22.9 Å². The molecule has 1 heterocycles. The van der Waals surface area contributed by atoms with Crippen molar-refractivity contribution in [2.24, 2.45) is 11.7 Å². The summed E-state index contributed by atoms with van der Waals surface area (Å²) >= 11 is 7.63. The third kappa shape index (κ3) is 3.00. The molecule has 1 fully saturated rings. The molecule has 0 saturated heterocycles. The van der Waals surface area contributed by atoms with Crippen molar-refractivity contribution in [3.8, 4) is 0 Å². The number of thiophene rings is 1. The molecule has 22 heavy (non-hydrogen) atoms. The minimum Gasteiger partial charge on any atom is -0.366 e. The van der Waals surface area contributed by atoms with Gasteiger partial charge in [0.25, 0.3) is 0 Å². The Morgan fingerprint density at radius 1 is 1.32 bits per heavy atom. The lowest BCUT2D eigenvalue weighted by molar-refractivity contribution is -0.117. The first-order chi connectivity index (χ1) is 10.5. The molecule has 114 valence electrons. The number of primary amides is 1. The quantitative estimate of drug-likeness (QED) is 0.897. The summed E-state index contributed by atoms with van der Waals surface area (Å²) in [6.07, 6.45) is 0.863. The van der Waals surface area contributed by atoms with E-state index in [-0.39, 0.29) is 22.4 Å². The van der Waals surface area contributed by atoms with Gasteiger partial charge in [-0.3, -0.25) is 9.59 Å². The number of halogens is 1. The zero-order valence-electron chi connectivity index (χ0n) is 11.9. The minimum absolute atomic E-state index is 0.00856. The Kier molecular flexibility index (Phi) is 3.93. The van der Waals surface area contributed by atoms with E-state index in [1.54, 1.807) is 23.5 Å². The van der Waals surface area contributed by atoms with E-state index >= 15 is 0 Å². The molecule has 0 bridgehead atoms. The Balaban J connectivity index is 1.68. The number of nitrogens with one attached hydrogen (secondary N) is 1. The van der Waals surface area contributed by atoms with E-state index in [2.05, 4.69) is 24.4 Å². The first kappa shape index (κ1) is 15.1. The Morgan fingerprint density at radius 3 is 2.73 bits per heavy atom. The molecule has 0 aliphatic heterocycles. The largest absolute Gasteiger partial charge is 0.366 e. The number of hydrogen-bond donors (Lipinski definition) is 2. The molecular weight excluding hydrogens is 320 g/mol. The summed E-state index contributed by atoms with van der Waals surface area (Å²) in [6, 6.07) is 8.90. The van der Waals surface area contributed by atoms with Crippen LogP contribution in [0.1, 0.15) is 32.5 Å². The van der Waals surface area contributed by atoms with Crippen LogP contribution < -0.4 is 11.1 Å². The highest BCUT2D eigenvalue weighted by atomic mass is 35.5. The van der Waals surface area contributed by atoms with Crippen molar-refractivity contribution < 1.29 is 9.59 Å². The molecule has 1 aliphatic carbocycles. The fourth-order valence-electron chi connectivity index (χ4n) is 2.48. The van der Waals surface area contributed by atoms with E-state index in [9.17, 15) is 9.59 Å². The van der Waals surface area contributed by atoms with Gasteiger partial charge in [-0.25, -0.2) is 0 Å². The van der Waals surface area contributed by atoms with E-state index < -0.39 is 5.91 Å². The maximum Gasteiger partial charge on any atom is 0.250 e. The fraction of sp³-hybridized carbons (Fsp3) is 0.250. The summed E-state index contributed by atoms with van der Waals surface area (Å²) in [5, 5.41) is 3.11. The molecule has 2 amide bonds. The van der Waals surface area contributed by atoms with E-state index in [4.69, 9.17) is 17.3 Å². The Morgan fingerprint density at radius 2 is 2.09 bits per heavy atom. The van der Waals surface area contributed by atoms with Gasteiger partial charge in [0, 0.05) is 27.3 Å². The van der Waals surface area contributed by atoms with Crippen molar-refractivity contribution in [2.75, 3.05) is 5.32 Å². The van der Waals surface area contributed by atoms with Crippen molar-refractivity contribution in [1.82, 2.24) is 0 Å². The molecule has 0 radical (unpaired) electrons. The zero-order chi connectivity index (χ0) is 15.9. The van der Waals surface area contributed by atoms with Gasteiger partial charge in [-0.1, -0.05) is 11.6 Å². The summed E-state index contributed by atoms with van der Waals surface area (Å²) in [4.78, 5) is 26.1. The van der Waals surface area contributed by atoms with Gasteiger partial charge < -0.3 is 11.1 Å². The van der Waals surface area contributed by atoms with Crippen LogP contribution in [0.3, 0.4) is 0 Å². The number of carbonyl (C=O) groups is 2. The SMILES string of the molecule is Cc1ccc([C@H]2C[C@H]2C(=O)Nc2ccc(Cl)c(C(N)=O)c2)s1. The zero-order valence-corrected chi connectivity index (χ0v) is 13.5. The minimum atomic E-state index is -0.612. The number of amides is 2. The van der Waals surface area contributed by atoms with E-state index in [1.165, 1.54) is 15.8 Å². The number of aryl methyl sites for hydroxylation is 1. The van der Waals surface area contributed by atoms with Crippen LogP contribution in [0.2, 0.25) is 5.02 Å². The molecule has 1 aliphatic rings. The molecule has 4 nitrogen and oxygen atoms in total. The van der Waals surface area contributed by atoms with Crippen LogP contribution in [0.5, 0.6) is 0 Å². The summed E-state index contributed by atoms with van der Waals surface area (Å²) in [7, 11) is 0. The maximum absolute atomic E-state index is 12.3. The van der Waals surface area contributed by atoms with Crippen LogP contribution in [0.4, 0.5) is 5.69 Å². The van der Waals surface area contributed by atoms with Crippen molar-refractivity contribution in [3.05, 3.63) is 50.7 Å². The lowest BCUT2D eigenvalue weighted by Gasteiger charge is -2.07. The molecule has 0 spiro atoms. The molecule has 6 heteroatoms. The van der Waals surface area contributed by atoms with E-state index in [0.717, 1.165) is 6.42 Å². The third-order valence-electron chi connectivity index (χ3n) is 3.75. The molecule has 2 atom stereocenters. The average Bonchev–Trinajstić information content (AvgIpc) is 3.16. The lowest BCUT2D eigenvalue weighted by atomic mass is 10.2. The van der Waals surface area contributed by atoms with Gasteiger partial charge in [0.2, 0.25) is 11.8 Å². The Bertz CT molecular complexity index is 756. The van der Waals surface area contributed by atoms with Crippen LogP contribution in [0, 0.1) is 12.8 Å². The maximum atomic E-state index is 12.3. The summed E-state index contributed by atoms with van der Waals surface area (Å²) in [5.74, 6) is -0.347. The van der Waals surface area contributed by atoms with E-state index in [1.807, 2.05) is 0 Å². The predicted molar refractivity (Wildman–Crippen MR) is 88.5 cm³/mol. The summed E-state index contributed by atoms with van der Waals surface area (Å²) < 4.78 is 0. The molecule has 1 aromatic carbocycles. The molecule has 1 aromatic heterocycles. The predicted octanol–water partition coefficient (Wildman–Crippen LogP) is 3.55. The number of carbonyl (C=O) groups excluding carboxylic acids is 2. The Hall–Kier alpha value is -1.85. The smallest absolute Gasteiger partial charge is 0.250 e. The number of benzene rings is 1. The first-order valence-corrected chi connectivity index (χ1v) is 8.11.